The van der Waals surface area contributed by atoms with Crippen LogP contribution >= 0.6 is 0 Å². The van der Waals surface area contributed by atoms with Crippen molar-refractivity contribution in [1.29, 1.82) is 5.26 Å². The van der Waals surface area contributed by atoms with Crippen molar-refractivity contribution in [1.82, 2.24) is 5.32 Å². The number of hydrogen-bond acceptors (Lipinski definition) is 4. The van der Waals surface area contributed by atoms with Crippen LogP contribution in [0.2, 0.25) is 0 Å². The van der Waals surface area contributed by atoms with Crippen LogP contribution in [0.3, 0.4) is 0 Å². The van der Waals surface area contributed by atoms with Crippen molar-refractivity contribution in [2.45, 2.75) is 32.7 Å². The van der Waals surface area contributed by atoms with Gasteiger partial charge in [-0.2, -0.15) is 5.26 Å². The maximum atomic E-state index is 11.7. The Kier molecular flexibility index (Phi) is 7.36. The van der Waals surface area contributed by atoms with E-state index in [1.807, 2.05) is 25.1 Å². The summed E-state index contributed by atoms with van der Waals surface area (Å²) in [4.78, 5) is 11.7. The first-order chi connectivity index (χ1) is 10.6. The molecule has 0 bridgehead atoms. The first-order valence-electron chi connectivity index (χ1n) is 7.11. The number of carbonyl (C=O) groups is 1. The first kappa shape index (κ1) is 17.4. The molecule has 1 unspecified atom stereocenters. The fourth-order valence-electron chi connectivity index (χ4n) is 1.82. The zero-order valence-corrected chi connectivity index (χ0v) is 12.9. The van der Waals surface area contributed by atoms with E-state index in [4.69, 9.17) is 21.2 Å². The van der Waals surface area contributed by atoms with Gasteiger partial charge in [-0.3, -0.25) is 4.79 Å². The van der Waals surface area contributed by atoms with Crippen molar-refractivity contribution < 1.29 is 14.3 Å². The van der Waals surface area contributed by atoms with Crippen LogP contribution in [-0.2, 0) is 11.2 Å². The van der Waals surface area contributed by atoms with Crippen LogP contribution in [0.5, 0.6) is 11.5 Å². The van der Waals surface area contributed by atoms with E-state index in [0.717, 1.165) is 5.56 Å². The minimum absolute atomic E-state index is 0.153. The van der Waals surface area contributed by atoms with Crippen LogP contribution in [0.4, 0.5) is 0 Å². The molecule has 1 aromatic carbocycles. The molecule has 5 heteroatoms. The summed E-state index contributed by atoms with van der Waals surface area (Å²) in [6.07, 6.45) is 6.04. The van der Waals surface area contributed by atoms with E-state index < -0.39 is 6.04 Å². The lowest BCUT2D eigenvalue weighted by Gasteiger charge is -2.12. The molecule has 0 fully saturated rings. The number of aryl methyl sites for hydroxylation is 1. The fraction of sp³-hybridized carbons (Fsp3) is 0.412. The average molecular weight is 300 g/mol. The minimum atomic E-state index is -0.481. The highest BCUT2D eigenvalue weighted by atomic mass is 16.5. The molecule has 0 aliphatic rings. The number of nitriles is 1. The number of terminal acetylenes is 1. The second-order valence-corrected chi connectivity index (χ2v) is 4.63. The third-order valence-corrected chi connectivity index (χ3v) is 2.83. The summed E-state index contributed by atoms with van der Waals surface area (Å²) in [5.41, 5.74) is 0.955. The Balaban J connectivity index is 2.68. The third-order valence-electron chi connectivity index (χ3n) is 2.83. The van der Waals surface area contributed by atoms with Crippen LogP contribution in [-0.4, -0.2) is 25.2 Å². The lowest BCUT2D eigenvalue weighted by Crippen LogP contribution is -2.31. The monoisotopic (exact) mass is 300 g/mol. The molecule has 116 valence electrons. The third kappa shape index (κ3) is 5.76. The van der Waals surface area contributed by atoms with Crippen molar-refractivity contribution in [2.24, 2.45) is 0 Å². The summed E-state index contributed by atoms with van der Waals surface area (Å²) in [6.45, 7) is 4.21. The molecule has 0 aliphatic carbocycles. The van der Waals surface area contributed by atoms with E-state index in [1.54, 1.807) is 13.0 Å². The number of amides is 1. The number of benzene rings is 1. The highest BCUT2D eigenvalue weighted by molar-refractivity contribution is 5.76. The molecule has 1 atom stereocenters. The SMILES string of the molecule is C#CCOc1ccc(CCC(=O)NC(C)C#N)cc1OCC. The van der Waals surface area contributed by atoms with E-state index in [-0.39, 0.29) is 12.5 Å². The van der Waals surface area contributed by atoms with E-state index in [1.165, 1.54) is 0 Å². The Morgan fingerprint density at radius 2 is 2.18 bits per heavy atom. The molecule has 0 radical (unpaired) electrons. The van der Waals surface area contributed by atoms with Gasteiger partial charge in [-0.15, -0.1) is 6.42 Å². The number of rotatable bonds is 8. The second kappa shape index (κ2) is 9.31. The molecule has 0 heterocycles. The lowest BCUT2D eigenvalue weighted by atomic mass is 10.1. The molecule has 1 rings (SSSR count). The molecule has 1 N–H and O–H groups in total. The van der Waals surface area contributed by atoms with Crippen LogP contribution < -0.4 is 14.8 Å². The Morgan fingerprint density at radius 3 is 2.82 bits per heavy atom. The van der Waals surface area contributed by atoms with Gasteiger partial charge in [0.2, 0.25) is 5.91 Å². The molecule has 0 spiro atoms. The quantitative estimate of drug-likeness (QED) is 0.746. The molecule has 1 aromatic rings. The molecule has 5 nitrogen and oxygen atoms in total. The normalized spacial score (nSPS) is 10.9. The number of hydrogen-bond donors (Lipinski definition) is 1. The molecule has 0 saturated heterocycles. The van der Waals surface area contributed by atoms with Gasteiger partial charge in [-0.05, 0) is 38.0 Å². The minimum Gasteiger partial charge on any atom is -0.490 e. The Labute approximate surface area is 131 Å². The van der Waals surface area contributed by atoms with Crippen LogP contribution in [0.1, 0.15) is 25.8 Å². The largest absolute Gasteiger partial charge is 0.490 e. The number of nitrogens with one attached hydrogen (secondary N) is 1. The molecule has 0 aromatic heterocycles. The maximum absolute atomic E-state index is 11.7. The number of ether oxygens (including phenoxy) is 2. The van der Waals surface area contributed by atoms with Crippen LogP contribution in [0.25, 0.3) is 0 Å². The highest BCUT2D eigenvalue weighted by Crippen LogP contribution is 2.28. The van der Waals surface area contributed by atoms with E-state index in [9.17, 15) is 4.79 Å². The summed E-state index contributed by atoms with van der Waals surface area (Å²) in [5.74, 6) is 3.45. The van der Waals surface area contributed by atoms with Crippen molar-refractivity contribution in [2.75, 3.05) is 13.2 Å². The zero-order chi connectivity index (χ0) is 16.4. The Bertz CT molecular complexity index is 585. The summed E-state index contributed by atoms with van der Waals surface area (Å²) in [5, 5.41) is 11.3. The molecule has 1 amide bonds. The zero-order valence-electron chi connectivity index (χ0n) is 12.9. The van der Waals surface area contributed by atoms with Crippen molar-refractivity contribution in [3.05, 3.63) is 23.8 Å². The van der Waals surface area contributed by atoms with E-state index in [0.29, 0.717) is 30.9 Å². The predicted molar refractivity (Wildman–Crippen MR) is 83.5 cm³/mol. The van der Waals surface area contributed by atoms with E-state index >= 15 is 0 Å². The average Bonchev–Trinajstić information content (AvgIpc) is 2.52. The Morgan fingerprint density at radius 1 is 1.41 bits per heavy atom. The van der Waals surface area contributed by atoms with Gasteiger partial charge < -0.3 is 14.8 Å². The van der Waals surface area contributed by atoms with Gasteiger partial charge in [0.15, 0.2) is 11.5 Å². The van der Waals surface area contributed by atoms with Gasteiger partial charge in [0, 0.05) is 6.42 Å². The standard InChI is InChI=1S/C17H20N2O3/c1-4-10-22-15-8-6-14(11-16(15)21-5-2)7-9-17(20)19-13(3)12-18/h1,6,8,11,13H,5,7,9-10H2,2-3H3,(H,19,20). The van der Waals surface area contributed by atoms with Crippen molar-refractivity contribution >= 4 is 5.91 Å². The molecule has 22 heavy (non-hydrogen) atoms. The highest BCUT2D eigenvalue weighted by Gasteiger charge is 2.09. The van der Waals surface area contributed by atoms with Crippen molar-refractivity contribution in [3.8, 4) is 29.9 Å². The van der Waals surface area contributed by atoms with Gasteiger partial charge in [-0.25, -0.2) is 0 Å². The summed E-state index contributed by atoms with van der Waals surface area (Å²) in [6, 6.07) is 6.98. The van der Waals surface area contributed by atoms with Crippen LogP contribution in [0.15, 0.2) is 18.2 Å². The lowest BCUT2D eigenvalue weighted by molar-refractivity contribution is -0.121. The number of nitrogens with zero attached hydrogens (tertiary/aromatic N) is 1. The van der Waals surface area contributed by atoms with Gasteiger partial charge >= 0.3 is 0 Å². The van der Waals surface area contributed by atoms with E-state index in [2.05, 4.69) is 11.2 Å². The summed E-state index contributed by atoms with van der Waals surface area (Å²) >= 11 is 0. The fourth-order valence-corrected chi connectivity index (χ4v) is 1.82. The van der Waals surface area contributed by atoms with Gasteiger partial charge in [0.1, 0.15) is 12.6 Å². The first-order valence-corrected chi connectivity index (χ1v) is 7.11. The Hall–Kier alpha value is -2.66. The molecule has 0 saturated carbocycles. The molecule has 0 aliphatic heterocycles. The predicted octanol–water partition coefficient (Wildman–Crippen LogP) is 2.06. The summed E-state index contributed by atoms with van der Waals surface area (Å²) in [7, 11) is 0. The van der Waals surface area contributed by atoms with Gasteiger partial charge in [0.25, 0.3) is 0 Å². The smallest absolute Gasteiger partial charge is 0.221 e. The molecular formula is C17H20N2O3. The maximum Gasteiger partial charge on any atom is 0.221 e. The number of carbonyl (C=O) groups excluding carboxylic acids is 1. The van der Waals surface area contributed by atoms with Crippen molar-refractivity contribution in [3.63, 3.8) is 0 Å². The topological polar surface area (TPSA) is 71.3 Å². The summed E-state index contributed by atoms with van der Waals surface area (Å²) < 4.78 is 10.9. The van der Waals surface area contributed by atoms with Gasteiger partial charge in [0.05, 0.1) is 12.7 Å². The van der Waals surface area contributed by atoms with Crippen LogP contribution in [0, 0.1) is 23.7 Å². The molecular weight excluding hydrogens is 280 g/mol. The van der Waals surface area contributed by atoms with Gasteiger partial charge in [-0.1, -0.05) is 12.0 Å². The second-order valence-electron chi connectivity index (χ2n) is 4.63.